The first-order valence-electron chi connectivity index (χ1n) is 11.6. The fourth-order valence-corrected chi connectivity index (χ4v) is 4.55. The van der Waals surface area contributed by atoms with Gasteiger partial charge in [-0.05, 0) is 70.1 Å². The lowest BCUT2D eigenvalue weighted by Crippen LogP contribution is -2.23. The highest BCUT2D eigenvalue weighted by molar-refractivity contribution is 5.69. The molecule has 4 atom stereocenters. The van der Waals surface area contributed by atoms with Gasteiger partial charge in [0.2, 0.25) is 0 Å². The fraction of sp³-hybridized carbons (Fsp3) is 0.958. The average molecular weight is 365 g/mol. The Hall–Kier alpha value is -0.530. The number of carbonyl (C=O) groups is 1. The van der Waals surface area contributed by atoms with Crippen molar-refractivity contribution in [2.45, 2.75) is 123 Å². The Labute approximate surface area is 162 Å². The van der Waals surface area contributed by atoms with E-state index in [1.807, 2.05) is 20.8 Å². The molecular formula is C24H44O2. The van der Waals surface area contributed by atoms with Crippen LogP contribution in [0.3, 0.4) is 0 Å². The van der Waals surface area contributed by atoms with Crippen LogP contribution < -0.4 is 0 Å². The van der Waals surface area contributed by atoms with Crippen molar-refractivity contribution in [1.29, 1.82) is 0 Å². The summed E-state index contributed by atoms with van der Waals surface area (Å²) in [4.78, 5) is 11.6. The standard InChI is InChI=1S/C24H44O2/c1-5-6-10-13-19-16-21(19)18-22-17-20(22)14-11-8-7-9-12-15-23(25)26-24(2,3)4/h19-22H,5-18H2,1-4H3. The minimum Gasteiger partial charge on any atom is -0.460 e. The molecule has 2 heteroatoms. The third-order valence-corrected chi connectivity index (χ3v) is 6.30. The number of unbranched alkanes of at least 4 members (excludes halogenated alkanes) is 6. The lowest BCUT2D eigenvalue weighted by Gasteiger charge is -2.19. The number of ether oxygens (including phenoxy) is 1. The molecule has 0 aromatic carbocycles. The molecule has 2 aliphatic carbocycles. The average Bonchev–Trinajstić information content (AvgIpc) is 3.45. The molecule has 0 spiro atoms. The smallest absolute Gasteiger partial charge is 0.306 e. The molecule has 26 heavy (non-hydrogen) atoms. The zero-order valence-corrected chi connectivity index (χ0v) is 18.0. The van der Waals surface area contributed by atoms with Crippen LogP contribution in [-0.2, 0) is 9.53 Å². The number of rotatable bonds is 14. The molecule has 2 aliphatic rings. The highest BCUT2D eigenvalue weighted by Crippen LogP contribution is 2.54. The molecule has 152 valence electrons. The van der Waals surface area contributed by atoms with E-state index in [1.54, 1.807) is 12.8 Å². The van der Waals surface area contributed by atoms with E-state index in [-0.39, 0.29) is 11.6 Å². The quantitative estimate of drug-likeness (QED) is 0.239. The van der Waals surface area contributed by atoms with E-state index in [1.165, 1.54) is 64.2 Å². The van der Waals surface area contributed by atoms with E-state index in [4.69, 9.17) is 4.74 Å². The predicted octanol–water partition coefficient (Wildman–Crippen LogP) is 7.30. The molecule has 2 saturated carbocycles. The van der Waals surface area contributed by atoms with Crippen LogP contribution in [0, 0.1) is 23.7 Å². The molecule has 2 nitrogen and oxygen atoms in total. The van der Waals surface area contributed by atoms with Crippen LogP contribution in [0.4, 0.5) is 0 Å². The monoisotopic (exact) mass is 364 g/mol. The van der Waals surface area contributed by atoms with E-state index < -0.39 is 0 Å². The van der Waals surface area contributed by atoms with Crippen molar-refractivity contribution >= 4 is 5.97 Å². The molecule has 0 heterocycles. The molecule has 0 aromatic rings. The minimum atomic E-state index is -0.339. The van der Waals surface area contributed by atoms with Gasteiger partial charge in [-0.1, -0.05) is 64.7 Å². The van der Waals surface area contributed by atoms with Gasteiger partial charge in [-0.15, -0.1) is 0 Å². The van der Waals surface area contributed by atoms with Gasteiger partial charge in [-0.2, -0.15) is 0 Å². The number of esters is 1. The SMILES string of the molecule is CCCCCC1CC1CC1CC1CCCCCCCC(=O)OC(C)(C)C. The summed E-state index contributed by atoms with van der Waals surface area (Å²) in [7, 11) is 0. The maximum atomic E-state index is 11.6. The third-order valence-electron chi connectivity index (χ3n) is 6.30. The van der Waals surface area contributed by atoms with Gasteiger partial charge in [0.1, 0.15) is 5.60 Å². The van der Waals surface area contributed by atoms with Gasteiger partial charge in [-0.25, -0.2) is 0 Å². The third kappa shape index (κ3) is 9.42. The van der Waals surface area contributed by atoms with Gasteiger partial charge >= 0.3 is 5.97 Å². The van der Waals surface area contributed by atoms with Crippen molar-refractivity contribution in [3.63, 3.8) is 0 Å². The highest BCUT2D eigenvalue weighted by atomic mass is 16.6. The van der Waals surface area contributed by atoms with Gasteiger partial charge in [-0.3, -0.25) is 4.79 Å². The second kappa shape index (κ2) is 10.7. The van der Waals surface area contributed by atoms with Crippen molar-refractivity contribution in [1.82, 2.24) is 0 Å². The number of hydrogen-bond acceptors (Lipinski definition) is 2. The second-order valence-electron chi connectivity index (χ2n) is 10.1. The topological polar surface area (TPSA) is 26.3 Å². The molecule has 0 aliphatic heterocycles. The van der Waals surface area contributed by atoms with Crippen LogP contribution in [0.5, 0.6) is 0 Å². The van der Waals surface area contributed by atoms with Crippen LogP contribution in [0.15, 0.2) is 0 Å². The summed E-state index contributed by atoms with van der Waals surface area (Å²) in [6.07, 6.45) is 18.7. The van der Waals surface area contributed by atoms with Crippen molar-refractivity contribution in [2.24, 2.45) is 23.7 Å². The summed E-state index contributed by atoms with van der Waals surface area (Å²) in [6.45, 7) is 8.11. The Bertz CT molecular complexity index is 409. The molecule has 2 fully saturated rings. The zero-order valence-electron chi connectivity index (χ0n) is 18.0. The van der Waals surface area contributed by atoms with Crippen molar-refractivity contribution in [2.75, 3.05) is 0 Å². The molecule has 0 radical (unpaired) electrons. The van der Waals surface area contributed by atoms with Crippen LogP contribution in [0.1, 0.15) is 118 Å². The largest absolute Gasteiger partial charge is 0.460 e. The Morgan fingerprint density at radius 1 is 0.808 bits per heavy atom. The molecule has 0 N–H and O–H groups in total. The maximum absolute atomic E-state index is 11.6. The van der Waals surface area contributed by atoms with E-state index in [9.17, 15) is 4.79 Å². The molecule has 0 saturated heterocycles. The van der Waals surface area contributed by atoms with Crippen molar-refractivity contribution in [3.8, 4) is 0 Å². The van der Waals surface area contributed by atoms with E-state index in [2.05, 4.69) is 6.92 Å². The summed E-state index contributed by atoms with van der Waals surface area (Å²) in [6, 6.07) is 0. The molecule has 0 bridgehead atoms. The molecule has 4 unspecified atom stereocenters. The Balaban J connectivity index is 1.36. The number of hydrogen-bond donors (Lipinski definition) is 0. The summed E-state index contributed by atoms with van der Waals surface area (Å²) in [5, 5.41) is 0. The van der Waals surface area contributed by atoms with Crippen LogP contribution in [-0.4, -0.2) is 11.6 Å². The first-order valence-corrected chi connectivity index (χ1v) is 11.6. The summed E-state index contributed by atoms with van der Waals surface area (Å²) in [5.41, 5.74) is -0.339. The van der Waals surface area contributed by atoms with Crippen LogP contribution in [0.25, 0.3) is 0 Å². The molecular weight excluding hydrogens is 320 g/mol. The highest BCUT2D eigenvalue weighted by Gasteiger charge is 2.44. The second-order valence-corrected chi connectivity index (χ2v) is 10.1. The lowest BCUT2D eigenvalue weighted by atomic mass is 10.0. The van der Waals surface area contributed by atoms with E-state index in [0.717, 1.165) is 30.1 Å². The van der Waals surface area contributed by atoms with Gasteiger partial charge in [0, 0.05) is 6.42 Å². The minimum absolute atomic E-state index is 0.0357. The normalized spacial score (nSPS) is 27.4. The van der Waals surface area contributed by atoms with Crippen LogP contribution >= 0.6 is 0 Å². The van der Waals surface area contributed by atoms with Crippen LogP contribution in [0.2, 0.25) is 0 Å². The summed E-state index contributed by atoms with van der Waals surface area (Å²) >= 11 is 0. The fourth-order valence-electron chi connectivity index (χ4n) is 4.55. The zero-order chi connectivity index (χ0) is 19.0. The predicted molar refractivity (Wildman–Crippen MR) is 110 cm³/mol. The van der Waals surface area contributed by atoms with Crippen molar-refractivity contribution < 1.29 is 9.53 Å². The first-order chi connectivity index (χ1) is 12.4. The van der Waals surface area contributed by atoms with Gasteiger partial charge < -0.3 is 4.74 Å². The van der Waals surface area contributed by atoms with Crippen molar-refractivity contribution in [3.05, 3.63) is 0 Å². The first kappa shape index (κ1) is 21.8. The summed E-state index contributed by atoms with van der Waals surface area (Å²) < 4.78 is 5.35. The summed E-state index contributed by atoms with van der Waals surface area (Å²) in [5.74, 6) is 4.32. The number of carbonyl (C=O) groups excluding carboxylic acids is 1. The lowest BCUT2D eigenvalue weighted by molar-refractivity contribution is -0.154. The van der Waals surface area contributed by atoms with E-state index in [0.29, 0.717) is 6.42 Å². The Morgan fingerprint density at radius 3 is 1.92 bits per heavy atom. The van der Waals surface area contributed by atoms with E-state index >= 15 is 0 Å². The van der Waals surface area contributed by atoms with Gasteiger partial charge in [0.15, 0.2) is 0 Å². The van der Waals surface area contributed by atoms with Gasteiger partial charge in [0.25, 0.3) is 0 Å². The van der Waals surface area contributed by atoms with Gasteiger partial charge in [0.05, 0.1) is 0 Å². The maximum Gasteiger partial charge on any atom is 0.306 e. The molecule has 0 amide bonds. The molecule has 0 aromatic heterocycles. The Kier molecular flexibility index (Phi) is 8.97. The molecule has 2 rings (SSSR count). The Morgan fingerprint density at radius 2 is 1.35 bits per heavy atom.